The molecule has 0 N–H and O–H groups in total. The molecular weight excluding hydrogens is 148 g/mol. The molecule has 1 aliphatic carbocycles. The van der Waals surface area contributed by atoms with Crippen LogP contribution in [-0.2, 0) is 0 Å². The van der Waals surface area contributed by atoms with Gasteiger partial charge in [-0.3, -0.25) is 0 Å². The van der Waals surface area contributed by atoms with Crippen molar-refractivity contribution in [1.82, 2.24) is 0 Å². The predicted molar refractivity (Wildman–Crippen MR) is 38.4 cm³/mol. The quantitative estimate of drug-likeness (QED) is 0.518. The van der Waals surface area contributed by atoms with Crippen LogP contribution in [0.15, 0.2) is 0 Å². The molecule has 0 aromatic heterocycles. The van der Waals surface area contributed by atoms with Gasteiger partial charge in [-0.2, -0.15) is 0 Å². The van der Waals surface area contributed by atoms with E-state index in [-0.39, 0.29) is 13.0 Å². The molecule has 1 nitrogen and oxygen atoms in total. The first-order valence-electron chi connectivity index (χ1n) is 3.88. The highest BCUT2D eigenvalue weighted by Gasteiger charge is 2.43. The maximum Gasteiger partial charge on any atom is 0.258 e. The van der Waals surface area contributed by atoms with Crippen molar-refractivity contribution in [3.8, 4) is 0 Å². The van der Waals surface area contributed by atoms with Gasteiger partial charge >= 0.3 is 0 Å². The Bertz CT molecular complexity index is 171. The third kappa shape index (κ3) is 1.89. The van der Waals surface area contributed by atoms with Crippen molar-refractivity contribution in [2.75, 3.05) is 6.54 Å². The third-order valence-corrected chi connectivity index (χ3v) is 2.22. The molecule has 0 amide bonds. The van der Waals surface area contributed by atoms with E-state index in [1.807, 2.05) is 0 Å². The first-order chi connectivity index (χ1) is 5.17. The van der Waals surface area contributed by atoms with Gasteiger partial charge in [0.25, 0.3) is 5.92 Å². The van der Waals surface area contributed by atoms with Crippen LogP contribution >= 0.6 is 0 Å². The van der Waals surface area contributed by atoms with Gasteiger partial charge in [-0.15, -0.1) is 0 Å². The number of nitrogens with zero attached hydrogens (tertiary/aromatic N) is 1. The monoisotopic (exact) mass is 159 g/mol. The van der Waals surface area contributed by atoms with Crippen LogP contribution in [0, 0.1) is 12.5 Å². The summed E-state index contributed by atoms with van der Waals surface area (Å²) in [5.74, 6) is -3.24. The van der Waals surface area contributed by atoms with Crippen molar-refractivity contribution in [1.29, 1.82) is 0 Å². The summed E-state index contributed by atoms with van der Waals surface area (Å²) >= 11 is 0. The van der Waals surface area contributed by atoms with Gasteiger partial charge in [0.1, 0.15) is 0 Å². The zero-order valence-corrected chi connectivity index (χ0v) is 6.32. The standard InChI is InChI=1S/C8H11F2N/c1-11-6-7-4-2-3-5-8(7,9)10/h7H,2-6H2. The second-order valence-corrected chi connectivity index (χ2v) is 3.04. The Labute approximate surface area is 65.2 Å². The van der Waals surface area contributed by atoms with Crippen LogP contribution in [0.5, 0.6) is 0 Å². The molecule has 0 heterocycles. The van der Waals surface area contributed by atoms with Gasteiger partial charge in [0.15, 0.2) is 0 Å². The minimum atomic E-state index is -2.57. The molecule has 0 aromatic rings. The fourth-order valence-corrected chi connectivity index (χ4v) is 1.50. The van der Waals surface area contributed by atoms with E-state index < -0.39 is 11.8 Å². The molecule has 1 saturated carbocycles. The Balaban J connectivity index is 2.54. The number of hydrogen-bond acceptors (Lipinski definition) is 0. The second-order valence-electron chi connectivity index (χ2n) is 3.04. The highest BCUT2D eigenvalue weighted by atomic mass is 19.3. The Morgan fingerprint density at radius 1 is 1.45 bits per heavy atom. The third-order valence-electron chi connectivity index (χ3n) is 2.22. The van der Waals surface area contributed by atoms with Crippen molar-refractivity contribution in [3.05, 3.63) is 11.4 Å². The number of hydrogen-bond donors (Lipinski definition) is 0. The second kappa shape index (κ2) is 3.17. The molecule has 0 aliphatic heterocycles. The van der Waals surface area contributed by atoms with Crippen molar-refractivity contribution in [2.45, 2.75) is 31.6 Å². The maximum atomic E-state index is 12.9. The Hall–Kier alpha value is -0.650. The van der Waals surface area contributed by atoms with Crippen LogP contribution in [0.1, 0.15) is 25.7 Å². The lowest BCUT2D eigenvalue weighted by Crippen LogP contribution is -2.33. The topological polar surface area (TPSA) is 4.36 Å². The zero-order chi connectivity index (χ0) is 8.32. The molecular formula is C8H11F2N. The average molecular weight is 159 g/mol. The molecule has 1 unspecified atom stereocenters. The molecule has 1 atom stereocenters. The largest absolute Gasteiger partial charge is 0.316 e. The van der Waals surface area contributed by atoms with Gasteiger partial charge in [-0.1, -0.05) is 6.42 Å². The minimum absolute atomic E-state index is 0.00694. The van der Waals surface area contributed by atoms with E-state index in [1.165, 1.54) is 0 Å². The molecule has 0 bridgehead atoms. The molecule has 1 fully saturated rings. The van der Waals surface area contributed by atoms with E-state index in [9.17, 15) is 8.78 Å². The van der Waals surface area contributed by atoms with E-state index in [4.69, 9.17) is 6.57 Å². The number of rotatable bonds is 1. The highest BCUT2D eigenvalue weighted by Crippen LogP contribution is 2.38. The zero-order valence-electron chi connectivity index (χ0n) is 6.32. The molecule has 1 aliphatic rings. The van der Waals surface area contributed by atoms with Crippen LogP contribution in [0.25, 0.3) is 4.85 Å². The summed E-state index contributed by atoms with van der Waals surface area (Å²) in [7, 11) is 0. The van der Waals surface area contributed by atoms with Crippen LogP contribution < -0.4 is 0 Å². The van der Waals surface area contributed by atoms with Crippen LogP contribution in [0.4, 0.5) is 8.78 Å². The summed E-state index contributed by atoms with van der Waals surface area (Å²) in [4.78, 5) is 3.02. The van der Waals surface area contributed by atoms with Crippen LogP contribution in [0.3, 0.4) is 0 Å². The SMILES string of the molecule is [C-]#[N+]CC1CCCCC1(F)F. The smallest absolute Gasteiger partial charge is 0.258 e. The minimum Gasteiger partial charge on any atom is -0.316 e. The molecule has 3 heteroatoms. The van der Waals surface area contributed by atoms with Crippen molar-refractivity contribution >= 4 is 0 Å². The molecule has 0 saturated heterocycles. The van der Waals surface area contributed by atoms with E-state index in [2.05, 4.69) is 4.85 Å². The Kier molecular flexibility index (Phi) is 2.43. The molecule has 0 spiro atoms. The molecule has 62 valence electrons. The van der Waals surface area contributed by atoms with Gasteiger partial charge in [0, 0.05) is 6.42 Å². The van der Waals surface area contributed by atoms with E-state index >= 15 is 0 Å². The Morgan fingerprint density at radius 3 is 2.73 bits per heavy atom. The normalized spacial score (nSPS) is 29.4. The number of halogens is 2. The lowest BCUT2D eigenvalue weighted by atomic mass is 9.86. The first-order valence-corrected chi connectivity index (χ1v) is 3.88. The Morgan fingerprint density at radius 2 is 2.18 bits per heavy atom. The number of alkyl halides is 2. The summed E-state index contributed by atoms with van der Waals surface area (Å²) in [6, 6.07) is 0. The summed E-state index contributed by atoms with van der Waals surface area (Å²) in [5, 5.41) is 0. The molecule has 1 rings (SSSR count). The first kappa shape index (κ1) is 8.45. The molecule has 11 heavy (non-hydrogen) atoms. The maximum absolute atomic E-state index is 12.9. The lowest BCUT2D eigenvalue weighted by Gasteiger charge is -2.27. The summed E-state index contributed by atoms with van der Waals surface area (Å²) in [6.07, 6.45) is 1.97. The summed E-state index contributed by atoms with van der Waals surface area (Å²) in [6.45, 7) is 6.50. The van der Waals surface area contributed by atoms with Crippen molar-refractivity contribution in [2.24, 2.45) is 5.92 Å². The van der Waals surface area contributed by atoms with Gasteiger partial charge in [-0.05, 0) is 12.8 Å². The fraction of sp³-hybridized carbons (Fsp3) is 0.875. The summed E-state index contributed by atoms with van der Waals surface area (Å²) in [5.41, 5.74) is 0. The summed E-state index contributed by atoms with van der Waals surface area (Å²) < 4.78 is 25.8. The van der Waals surface area contributed by atoms with E-state index in [0.29, 0.717) is 12.8 Å². The van der Waals surface area contributed by atoms with E-state index in [0.717, 1.165) is 6.42 Å². The lowest BCUT2D eigenvalue weighted by molar-refractivity contribution is -0.0792. The van der Waals surface area contributed by atoms with Crippen LogP contribution in [0.2, 0.25) is 0 Å². The van der Waals surface area contributed by atoms with Gasteiger partial charge in [0.2, 0.25) is 6.54 Å². The van der Waals surface area contributed by atoms with E-state index in [1.54, 1.807) is 0 Å². The highest BCUT2D eigenvalue weighted by molar-refractivity contribution is 4.86. The van der Waals surface area contributed by atoms with Crippen LogP contribution in [-0.4, -0.2) is 12.5 Å². The van der Waals surface area contributed by atoms with Gasteiger partial charge < -0.3 is 4.85 Å². The van der Waals surface area contributed by atoms with Gasteiger partial charge in [-0.25, -0.2) is 15.4 Å². The van der Waals surface area contributed by atoms with Crippen molar-refractivity contribution < 1.29 is 8.78 Å². The molecule has 0 aromatic carbocycles. The fourth-order valence-electron chi connectivity index (χ4n) is 1.50. The average Bonchev–Trinajstić information content (AvgIpc) is 1.94. The van der Waals surface area contributed by atoms with Crippen molar-refractivity contribution in [3.63, 3.8) is 0 Å². The molecule has 0 radical (unpaired) electrons. The predicted octanol–water partition coefficient (Wildman–Crippen LogP) is 2.73. The van der Waals surface area contributed by atoms with Gasteiger partial charge in [0.05, 0.1) is 5.92 Å².